The van der Waals surface area contributed by atoms with Crippen LogP contribution in [-0.4, -0.2) is 12.5 Å². The van der Waals surface area contributed by atoms with Crippen molar-refractivity contribution in [3.63, 3.8) is 0 Å². The summed E-state index contributed by atoms with van der Waals surface area (Å²) >= 11 is 5.91. The van der Waals surface area contributed by atoms with Crippen LogP contribution in [0.1, 0.15) is 18.9 Å². The molecule has 0 radical (unpaired) electrons. The summed E-state index contributed by atoms with van der Waals surface area (Å²) in [6, 6.07) is 23.4. The first-order valence-electron chi connectivity index (χ1n) is 9.14. The predicted octanol–water partition coefficient (Wildman–Crippen LogP) is 6.01. The van der Waals surface area contributed by atoms with E-state index < -0.39 is 0 Å². The van der Waals surface area contributed by atoms with E-state index in [0.717, 1.165) is 41.0 Å². The summed E-state index contributed by atoms with van der Waals surface area (Å²) in [6.45, 7) is 3.04. The molecule has 0 atom stereocenters. The van der Waals surface area contributed by atoms with Gasteiger partial charge in [-0.25, -0.2) is 0 Å². The van der Waals surface area contributed by atoms with Crippen molar-refractivity contribution in [3.8, 4) is 11.1 Å². The number of rotatable bonds is 7. The lowest BCUT2D eigenvalue weighted by atomic mass is 10.0. The van der Waals surface area contributed by atoms with Crippen molar-refractivity contribution in [2.75, 3.05) is 17.2 Å². The Morgan fingerprint density at radius 2 is 1.44 bits per heavy atom. The SMILES string of the molecule is CCCNc1ccccc1-c1ccccc1NC(=O)Cc1ccc(Cl)cc1. The summed E-state index contributed by atoms with van der Waals surface area (Å²) in [5.74, 6) is -0.0521. The second-order valence-corrected chi connectivity index (χ2v) is 6.81. The number of hydrogen-bond donors (Lipinski definition) is 2. The van der Waals surface area contributed by atoms with E-state index in [1.807, 2.05) is 48.5 Å². The number of para-hydroxylation sites is 2. The molecule has 3 aromatic carbocycles. The molecule has 0 unspecified atom stereocenters. The smallest absolute Gasteiger partial charge is 0.228 e. The van der Waals surface area contributed by atoms with Crippen LogP contribution in [0.5, 0.6) is 0 Å². The van der Waals surface area contributed by atoms with Gasteiger partial charge < -0.3 is 10.6 Å². The zero-order valence-electron chi connectivity index (χ0n) is 15.3. The van der Waals surface area contributed by atoms with Gasteiger partial charge in [0.1, 0.15) is 0 Å². The normalized spacial score (nSPS) is 10.4. The fraction of sp³-hybridized carbons (Fsp3) is 0.174. The Hall–Kier alpha value is -2.78. The van der Waals surface area contributed by atoms with Crippen LogP contribution in [0.2, 0.25) is 5.02 Å². The summed E-state index contributed by atoms with van der Waals surface area (Å²) in [7, 11) is 0. The van der Waals surface area contributed by atoms with Gasteiger partial charge in [0.2, 0.25) is 5.91 Å². The molecule has 0 heterocycles. The number of anilines is 2. The zero-order chi connectivity index (χ0) is 19.1. The van der Waals surface area contributed by atoms with E-state index in [1.54, 1.807) is 12.1 Å². The number of hydrogen-bond acceptors (Lipinski definition) is 2. The highest BCUT2D eigenvalue weighted by atomic mass is 35.5. The molecule has 2 N–H and O–H groups in total. The summed E-state index contributed by atoms with van der Waals surface area (Å²) in [4.78, 5) is 12.5. The van der Waals surface area contributed by atoms with Crippen molar-refractivity contribution < 1.29 is 4.79 Å². The minimum absolute atomic E-state index is 0.0521. The van der Waals surface area contributed by atoms with Gasteiger partial charge in [-0.15, -0.1) is 0 Å². The molecule has 0 aliphatic rings. The molecule has 3 nitrogen and oxygen atoms in total. The fourth-order valence-electron chi connectivity index (χ4n) is 2.94. The van der Waals surface area contributed by atoms with Crippen LogP contribution in [0.3, 0.4) is 0 Å². The maximum absolute atomic E-state index is 12.5. The maximum atomic E-state index is 12.5. The standard InChI is InChI=1S/C23H23ClN2O/c1-2-15-25-21-9-5-3-7-19(21)20-8-4-6-10-22(20)26-23(27)16-17-11-13-18(24)14-12-17/h3-14,25H,2,15-16H2,1H3,(H,26,27). The van der Waals surface area contributed by atoms with Gasteiger partial charge in [0.25, 0.3) is 0 Å². The summed E-state index contributed by atoms with van der Waals surface area (Å²) in [5.41, 5.74) is 4.88. The van der Waals surface area contributed by atoms with E-state index in [1.165, 1.54) is 0 Å². The number of halogens is 1. The monoisotopic (exact) mass is 378 g/mol. The quantitative estimate of drug-likeness (QED) is 0.528. The van der Waals surface area contributed by atoms with Crippen molar-refractivity contribution in [1.29, 1.82) is 0 Å². The molecule has 0 saturated heterocycles. The first-order valence-corrected chi connectivity index (χ1v) is 9.51. The van der Waals surface area contributed by atoms with Crippen LogP contribution in [0.4, 0.5) is 11.4 Å². The van der Waals surface area contributed by atoms with Crippen LogP contribution in [0, 0.1) is 0 Å². The number of benzene rings is 3. The first-order chi connectivity index (χ1) is 13.2. The van der Waals surface area contributed by atoms with E-state index in [2.05, 4.69) is 29.7 Å². The fourth-order valence-corrected chi connectivity index (χ4v) is 3.07. The molecule has 0 spiro atoms. The minimum Gasteiger partial charge on any atom is -0.385 e. The number of carbonyl (C=O) groups is 1. The largest absolute Gasteiger partial charge is 0.385 e. The van der Waals surface area contributed by atoms with Crippen molar-refractivity contribution in [1.82, 2.24) is 0 Å². The lowest BCUT2D eigenvalue weighted by Gasteiger charge is -2.15. The van der Waals surface area contributed by atoms with Gasteiger partial charge in [-0.2, -0.15) is 0 Å². The van der Waals surface area contributed by atoms with E-state index in [9.17, 15) is 4.79 Å². The highest BCUT2D eigenvalue weighted by molar-refractivity contribution is 6.30. The van der Waals surface area contributed by atoms with Crippen molar-refractivity contribution in [3.05, 3.63) is 83.4 Å². The van der Waals surface area contributed by atoms with Gasteiger partial charge in [0.15, 0.2) is 0 Å². The average molecular weight is 379 g/mol. The van der Waals surface area contributed by atoms with Crippen molar-refractivity contribution >= 4 is 28.9 Å². The third-order valence-electron chi connectivity index (χ3n) is 4.26. The molecule has 0 bridgehead atoms. The molecule has 27 heavy (non-hydrogen) atoms. The molecule has 3 rings (SSSR count). The number of carbonyl (C=O) groups excluding carboxylic acids is 1. The lowest BCUT2D eigenvalue weighted by Crippen LogP contribution is -2.15. The number of amides is 1. The molecule has 0 fully saturated rings. The average Bonchev–Trinajstić information content (AvgIpc) is 2.69. The van der Waals surface area contributed by atoms with Crippen LogP contribution in [0.15, 0.2) is 72.8 Å². The third-order valence-corrected chi connectivity index (χ3v) is 4.51. The molecule has 0 saturated carbocycles. The Morgan fingerprint density at radius 3 is 2.11 bits per heavy atom. The Balaban J connectivity index is 1.82. The lowest BCUT2D eigenvalue weighted by molar-refractivity contribution is -0.115. The summed E-state index contributed by atoms with van der Waals surface area (Å²) < 4.78 is 0. The zero-order valence-corrected chi connectivity index (χ0v) is 16.1. The Labute approximate surface area is 165 Å². The maximum Gasteiger partial charge on any atom is 0.228 e. The van der Waals surface area contributed by atoms with Crippen LogP contribution < -0.4 is 10.6 Å². The van der Waals surface area contributed by atoms with Gasteiger partial charge >= 0.3 is 0 Å². The summed E-state index contributed by atoms with van der Waals surface area (Å²) in [6.07, 6.45) is 1.36. The first kappa shape index (κ1) is 19.0. The van der Waals surface area contributed by atoms with Gasteiger partial charge in [0.05, 0.1) is 6.42 Å². The Kier molecular flexibility index (Phi) is 6.50. The van der Waals surface area contributed by atoms with E-state index >= 15 is 0 Å². The Morgan fingerprint density at radius 1 is 0.852 bits per heavy atom. The second-order valence-electron chi connectivity index (χ2n) is 6.37. The van der Waals surface area contributed by atoms with Gasteiger partial charge in [-0.3, -0.25) is 4.79 Å². The van der Waals surface area contributed by atoms with Crippen molar-refractivity contribution in [2.45, 2.75) is 19.8 Å². The summed E-state index contributed by atoms with van der Waals surface area (Å²) in [5, 5.41) is 7.18. The molecule has 4 heteroatoms. The molecule has 1 amide bonds. The van der Waals surface area contributed by atoms with E-state index in [-0.39, 0.29) is 5.91 Å². The third kappa shape index (κ3) is 5.11. The molecule has 3 aromatic rings. The molecular weight excluding hydrogens is 356 g/mol. The van der Waals surface area contributed by atoms with E-state index in [4.69, 9.17) is 11.6 Å². The minimum atomic E-state index is -0.0521. The van der Waals surface area contributed by atoms with Crippen LogP contribution in [-0.2, 0) is 11.2 Å². The second kappa shape index (κ2) is 9.24. The van der Waals surface area contributed by atoms with Gasteiger partial charge in [-0.05, 0) is 36.2 Å². The van der Waals surface area contributed by atoms with Gasteiger partial charge in [-0.1, -0.05) is 67.1 Å². The highest BCUT2D eigenvalue weighted by Gasteiger charge is 2.11. The van der Waals surface area contributed by atoms with Crippen LogP contribution in [0.25, 0.3) is 11.1 Å². The predicted molar refractivity (Wildman–Crippen MR) is 114 cm³/mol. The molecule has 0 aromatic heterocycles. The van der Waals surface area contributed by atoms with Crippen LogP contribution >= 0.6 is 11.6 Å². The molecule has 138 valence electrons. The molecular formula is C23H23ClN2O. The molecule has 0 aliphatic heterocycles. The highest BCUT2D eigenvalue weighted by Crippen LogP contribution is 2.33. The van der Waals surface area contributed by atoms with Gasteiger partial charge in [0, 0.05) is 34.1 Å². The Bertz CT molecular complexity index is 906. The van der Waals surface area contributed by atoms with E-state index in [0.29, 0.717) is 11.4 Å². The van der Waals surface area contributed by atoms with Crippen molar-refractivity contribution in [2.24, 2.45) is 0 Å². The molecule has 0 aliphatic carbocycles. The number of nitrogens with one attached hydrogen (secondary N) is 2. The topological polar surface area (TPSA) is 41.1 Å².